The fraction of sp³-hybridized carbons (Fsp3) is 0.500. The molecule has 0 aromatic heterocycles. The van der Waals surface area contributed by atoms with Gasteiger partial charge in [0, 0.05) is 0 Å². The lowest BCUT2D eigenvalue weighted by molar-refractivity contribution is -0.163. The molecular formula is C4H3F2NO2. The fourth-order valence-corrected chi connectivity index (χ4v) is 0.175. The number of carbonyl (C=O) groups is 1. The Balaban J connectivity index is 4.06. The third-order valence-corrected chi connectivity index (χ3v) is 0.614. The molecule has 0 aliphatic rings. The standard InChI is InChI=1S/C4H3F2NO2/c5-4(6,1-2-7)3(8)9/h1H2,(H,8,9). The first kappa shape index (κ1) is 7.82. The Labute approximate surface area is 49.5 Å². The zero-order valence-corrected chi connectivity index (χ0v) is 4.27. The molecule has 1 N–H and O–H groups in total. The molecule has 5 heteroatoms. The Bertz CT molecular complexity index is 160. The maximum absolute atomic E-state index is 11.7. The van der Waals surface area contributed by atoms with Crippen LogP contribution in [-0.4, -0.2) is 17.0 Å². The Morgan fingerprint density at radius 3 is 2.33 bits per heavy atom. The van der Waals surface area contributed by atoms with E-state index in [4.69, 9.17) is 10.4 Å². The second kappa shape index (κ2) is 2.40. The summed E-state index contributed by atoms with van der Waals surface area (Å²) >= 11 is 0. The average Bonchev–Trinajstić information content (AvgIpc) is 1.65. The molecule has 0 aliphatic carbocycles. The lowest BCUT2D eigenvalue weighted by atomic mass is 10.3. The molecule has 0 aromatic rings. The first-order valence-corrected chi connectivity index (χ1v) is 1.99. The third-order valence-electron chi connectivity index (χ3n) is 0.614. The summed E-state index contributed by atoms with van der Waals surface area (Å²) in [6, 6.07) is 1.06. The molecule has 0 spiro atoms. The first-order chi connectivity index (χ1) is 4.00. The Kier molecular flexibility index (Phi) is 2.08. The van der Waals surface area contributed by atoms with Crippen molar-refractivity contribution in [3.63, 3.8) is 0 Å². The van der Waals surface area contributed by atoms with Gasteiger partial charge in [0.25, 0.3) is 0 Å². The largest absolute Gasteiger partial charge is 0.477 e. The van der Waals surface area contributed by atoms with E-state index in [0.717, 1.165) is 6.07 Å². The highest BCUT2D eigenvalue weighted by Crippen LogP contribution is 2.16. The molecule has 0 saturated carbocycles. The van der Waals surface area contributed by atoms with Gasteiger partial charge in [0.1, 0.15) is 6.42 Å². The second-order valence-corrected chi connectivity index (χ2v) is 1.34. The van der Waals surface area contributed by atoms with Crippen LogP contribution < -0.4 is 0 Å². The number of nitriles is 1. The van der Waals surface area contributed by atoms with Crippen LogP contribution in [0.5, 0.6) is 0 Å². The molecule has 0 saturated heterocycles. The number of carboxylic acids is 1. The lowest BCUT2D eigenvalue weighted by Crippen LogP contribution is -2.27. The van der Waals surface area contributed by atoms with Gasteiger partial charge in [0.05, 0.1) is 6.07 Å². The summed E-state index contributed by atoms with van der Waals surface area (Å²) in [5.41, 5.74) is 0. The minimum atomic E-state index is -3.89. The zero-order valence-electron chi connectivity index (χ0n) is 4.27. The van der Waals surface area contributed by atoms with Crippen molar-refractivity contribution in [1.82, 2.24) is 0 Å². The van der Waals surface area contributed by atoms with Gasteiger partial charge in [0.2, 0.25) is 0 Å². The maximum atomic E-state index is 11.7. The van der Waals surface area contributed by atoms with Gasteiger partial charge < -0.3 is 5.11 Å². The summed E-state index contributed by atoms with van der Waals surface area (Å²) in [5, 5.41) is 15.3. The molecule has 3 nitrogen and oxygen atoms in total. The molecule has 0 aliphatic heterocycles. The van der Waals surface area contributed by atoms with Gasteiger partial charge in [-0.2, -0.15) is 14.0 Å². The van der Waals surface area contributed by atoms with Crippen molar-refractivity contribution in [2.45, 2.75) is 12.3 Å². The van der Waals surface area contributed by atoms with Gasteiger partial charge in [-0.15, -0.1) is 0 Å². The number of nitrogens with zero attached hydrogens (tertiary/aromatic N) is 1. The number of hydrogen-bond acceptors (Lipinski definition) is 2. The van der Waals surface area contributed by atoms with Gasteiger partial charge in [-0.25, -0.2) is 4.79 Å². The molecule has 0 aromatic carbocycles. The number of aliphatic carboxylic acids is 1. The van der Waals surface area contributed by atoms with E-state index >= 15 is 0 Å². The normalized spacial score (nSPS) is 10.3. The molecule has 0 bridgehead atoms. The Hall–Kier alpha value is -1.18. The van der Waals surface area contributed by atoms with Crippen molar-refractivity contribution in [2.75, 3.05) is 0 Å². The molecule has 0 radical (unpaired) electrons. The van der Waals surface area contributed by atoms with Crippen molar-refractivity contribution in [3.05, 3.63) is 0 Å². The number of halogens is 2. The van der Waals surface area contributed by atoms with Gasteiger partial charge >= 0.3 is 11.9 Å². The van der Waals surface area contributed by atoms with Gasteiger partial charge in [-0.05, 0) is 0 Å². The van der Waals surface area contributed by atoms with Crippen LogP contribution in [-0.2, 0) is 4.79 Å². The predicted octanol–water partition coefficient (Wildman–Crippen LogP) is 0.620. The summed E-state index contributed by atoms with van der Waals surface area (Å²) in [6.07, 6.45) is -1.28. The Morgan fingerprint density at radius 2 is 2.22 bits per heavy atom. The summed E-state index contributed by atoms with van der Waals surface area (Å²) in [5.74, 6) is -6.15. The van der Waals surface area contributed by atoms with Crippen molar-refractivity contribution >= 4 is 5.97 Å². The van der Waals surface area contributed by atoms with Crippen LogP contribution in [0, 0.1) is 11.3 Å². The number of alkyl halides is 2. The van der Waals surface area contributed by atoms with Gasteiger partial charge in [0.15, 0.2) is 0 Å². The minimum absolute atomic E-state index is 1.06. The highest BCUT2D eigenvalue weighted by Gasteiger charge is 2.38. The van der Waals surface area contributed by atoms with E-state index in [2.05, 4.69) is 0 Å². The van der Waals surface area contributed by atoms with Crippen LogP contribution in [0.3, 0.4) is 0 Å². The van der Waals surface area contributed by atoms with Crippen LogP contribution in [0.25, 0.3) is 0 Å². The van der Waals surface area contributed by atoms with E-state index < -0.39 is 18.3 Å². The fourth-order valence-electron chi connectivity index (χ4n) is 0.175. The van der Waals surface area contributed by atoms with Crippen LogP contribution in [0.15, 0.2) is 0 Å². The van der Waals surface area contributed by atoms with Crippen LogP contribution in [0.2, 0.25) is 0 Å². The van der Waals surface area contributed by atoms with Crippen LogP contribution >= 0.6 is 0 Å². The number of carboxylic acid groups (broad SMARTS) is 1. The van der Waals surface area contributed by atoms with E-state index in [9.17, 15) is 13.6 Å². The van der Waals surface area contributed by atoms with Crippen molar-refractivity contribution in [2.24, 2.45) is 0 Å². The van der Waals surface area contributed by atoms with Gasteiger partial charge in [-0.3, -0.25) is 0 Å². The molecule has 0 heterocycles. The molecule has 0 amide bonds. The molecule has 0 fully saturated rings. The topological polar surface area (TPSA) is 61.1 Å². The second-order valence-electron chi connectivity index (χ2n) is 1.34. The van der Waals surface area contributed by atoms with Crippen LogP contribution in [0.4, 0.5) is 8.78 Å². The van der Waals surface area contributed by atoms with Gasteiger partial charge in [-0.1, -0.05) is 0 Å². The maximum Gasteiger partial charge on any atom is 0.375 e. The van der Waals surface area contributed by atoms with E-state index in [-0.39, 0.29) is 0 Å². The quantitative estimate of drug-likeness (QED) is 0.603. The molecule has 0 atom stereocenters. The summed E-state index contributed by atoms with van der Waals surface area (Å²) in [7, 11) is 0. The molecule has 9 heavy (non-hydrogen) atoms. The van der Waals surface area contributed by atoms with Crippen molar-refractivity contribution < 1.29 is 18.7 Å². The smallest absolute Gasteiger partial charge is 0.375 e. The monoisotopic (exact) mass is 135 g/mol. The van der Waals surface area contributed by atoms with E-state index in [1.807, 2.05) is 0 Å². The SMILES string of the molecule is N#CCC(F)(F)C(=O)O. The first-order valence-electron chi connectivity index (χ1n) is 1.99. The molecular weight excluding hydrogens is 132 g/mol. The highest BCUT2D eigenvalue weighted by molar-refractivity contribution is 5.75. The van der Waals surface area contributed by atoms with Crippen molar-refractivity contribution in [3.8, 4) is 6.07 Å². The summed E-state index contributed by atoms with van der Waals surface area (Å²) < 4.78 is 23.4. The zero-order chi connectivity index (χ0) is 7.49. The molecule has 0 unspecified atom stereocenters. The summed E-state index contributed by atoms with van der Waals surface area (Å²) in [6.45, 7) is 0. The molecule has 50 valence electrons. The lowest BCUT2D eigenvalue weighted by Gasteiger charge is -2.03. The minimum Gasteiger partial charge on any atom is -0.477 e. The highest BCUT2D eigenvalue weighted by atomic mass is 19.3. The molecule has 0 rings (SSSR count). The Morgan fingerprint density at radius 1 is 1.78 bits per heavy atom. The number of hydrogen-bond donors (Lipinski definition) is 1. The average molecular weight is 135 g/mol. The summed E-state index contributed by atoms with van der Waals surface area (Å²) in [4.78, 5) is 9.51. The van der Waals surface area contributed by atoms with Crippen LogP contribution in [0.1, 0.15) is 6.42 Å². The predicted molar refractivity (Wildman–Crippen MR) is 22.8 cm³/mol. The van der Waals surface area contributed by atoms with E-state index in [1.54, 1.807) is 0 Å². The third kappa shape index (κ3) is 2.04. The number of rotatable bonds is 2. The van der Waals surface area contributed by atoms with E-state index in [1.165, 1.54) is 0 Å². The van der Waals surface area contributed by atoms with Crippen molar-refractivity contribution in [1.29, 1.82) is 5.26 Å². The van der Waals surface area contributed by atoms with E-state index in [0.29, 0.717) is 0 Å².